The topological polar surface area (TPSA) is 82.9 Å². The first-order valence-corrected chi connectivity index (χ1v) is 12.0. The molecule has 3 N–H and O–H groups in total. The smallest absolute Gasteiger partial charge is 0.250 e. The van der Waals surface area contributed by atoms with E-state index in [1.165, 1.54) is 6.08 Å². The molecule has 2 aromatic heterocycles. The quantitative estimate of drug-likeness (QED) is 0.163. The van der Waals surface area contributed by atoms with Crippen LogP contribution in [0.25, 0.3) is 39.8 Å². The van der Waals surface area contributed by atoms with E-state index in [1.54, 1.807) is 36.4 Å². The summed E-state index contributed by atoms with van der Waals surface area (Å²) in [7, 11) is 0. The molecule has 0 atom stereocenters. The highest BCUT2D eigenvalue weighted by atomic mass is 35.5. The second kappa shape index (κ2) is 10.4. The van der Waals surface area contributed by atoms with Gasteiger partial charge in [-0.2, -0.15) is 0 Å². The third kappa shape index (κ3) is 5.33. The maximum Gasteiger partial charge on any atom is 0.250 e. The Labute approximate surface area is 222 Å². The molecular weight excluding hydrogens is 515 g/mol. The normalized spacial score (nSPS) is 11.2. The van der Waals surface area contributed by atoms with Gasteiger partial charge < -0.3 is 14.7 Å². The van der Waals surface area contributed by atoms with E-state index in [9.17, 15) is 4.79 Å². The highest BCUT2D eigenvalue weighted by Gasteiger charge is 2.11. The van der Waals surface area contributed by atoms with Crippen LogP contribution in [0.5, 0.6) is 0 Å². The zero-order valence-corrected chi connectivity index (χ0v) is 20.9. The predicted octanol–water partition coefficient (Wildman–Crippen LogP) is 7.32. The van der Waals surface area contributed by atoms with Crippen LogP contribution in [0.15, 0.2) is 89.4 Å². The Morgan fingerprint density at radius 1 is 0.972 bits per heavy atom. The van der Waals surface area contributed by atoms with Gasteiger partial charge in [0.15, 0.2) is 5.11 Å². The lowest BCUT2D eigenvalue weighted by molar-refractivity contribution is -0.115. The van der Waals surface area contributed by atoms with Crippen molar-refractivity contribution in [3.05, 3.63) is 101 Å². The van der Waals surface area contributed by atoms with Crippen molar-refractivity contribution in [3.63, 3.8) is 0 Å². The van der Waals surface area contributed by atoms with Crippen molar-refractivity contribution in [1.82, 2.24) is 15.3 Å². The second-order valence-corrected chi connectivity index (χ2v) is 8.95. The number of hydrogen-bond donors (Lipinski definition) is 3. The van der Waals surface area contributed by atoms with Gasteiger partial charge in [0.2, 0.25) is 5.91 Å². The van der Waals surface area contributed by atoms with Crippen LogP contribution in [-0.4, -0.2) is 21.0 Å². The van der Waals surface area contributed by atoms with Crippen LogP contribution in [0, 0.1) is 0 Å². The van der Waals surface area contributed by atoms with Gasteiger partial charge in [0, 0.05) is 22.9 Å². The Bertz CT molecular complexity index is 1570. The van der Waals surface area contributed by atoms with Gasteiger partial charge in [0.25, 0.3) is 0 Å². The van der Waals surface area contributed by atoms with Crippen molar-refractivity contribution < 1.29 is 9.21 Å². The molecule has 6 nitrogen and oxygen atoms in total. The van der Waals surface area contributed by atoms with Crippen molar-refractivity contribution in [2.24, 2.45) is 0 Å². The summed E-state index contributed by atoms with van der Waals surface area (Å²) in [4.78, 5) is 20.2. The highest BCUT2D eigenvalue weighted by Crippen LogP contribution is 2.34. The number of aromatic amines is 1. The summed E-state index contributed by atoms with van der Waals surface area (Å²) >= 11 is 17.6. The molecule has 0 fully saturated rings. The molecule has 9 heteroatoms. The highest BCUT2D eigenvalue weighted by molar-refractivity contribution is 7.80. The molecule has 5 aromatic rings. The lowest BCUT2D eigenvalue weighted by Gasteiger charge is -2.08. The van der Waals surface area contributed by atoms with Crippen LogP contribution < -0.4 is 10.6 Å². The molecule has 0 aliphatic heterocycles. The van der Waals surface area contributed by atoms with Crippen LogP contribution in [0.2, 0.25) is 10.0 Å². The van der Waals surface area contributed by atoms with E-state index in [0.717, 1.165) is 28.1 Å². The number of imidazole rings is 1. The molecule has 0 saturated heterocycles. The molecule has 0 saturated carbocycles. The average Bonchev–Trinajstić information content (AvgIpc) is 3.52. The number of aromatic nitrogens is 2. The molecule has 1 amide bonds. The largest absolute Gasteiger partial charge is 0.457 e. The minimum atomic E-state index is -0.398. The summed E-state index contributed by atoms with van der Waals surface area (Å²) in [5.74, 6) is 1.41. The maximum atomic E-state index is 12.3. The van der Waals surface area contributed by atoms with Crippen LogP contribution in [-0.2, 0) is 4.79 Å². The molecular formula is C27H18Cl2N4O2S. The summed E-state index contributed by atoms with van der Waals surface area (Å²) in [6.07, 6.45) is 2.88. The Morgan fingerprint density at radius 2 is 1.78 bits per heavy atom. The van der Waals surface area contributed by atoms with E-state index >= 15 is 0 Å². The number of thiocarbonyl (C=S) groups is 1. The predicted molar refractivity (Wildman–Crippen MR) is 149 cm³/mol. The Kier molecular flexibility index (Phi) is 6.86. The monoisotopic (exact) mass is 532 g/mol. The van der Waals surface area contributed by atoms with E-state index in [-0.39, 0.29) is 5.11 Å². The minimum absolute atomic E-state index is 0.173. The number of nitrogens with zero attached hydrogens (tertiary/aromatic N) is 1. The summed E-state index contributed by atoms with van der Waals surface area (Å²) in [5, 5.41) is 6.63. The molecule has 3 aromatic carbocycles. The number of H-pyrrole nitrogens is 1. The Morgan fingerprint density at radius 3 is 2.58 bits per heavy atom. The van der Waals surface area contributed by atoms with Crippen LogP contribution in [0.3, 0.4) is 0 Å². The fourth-order valence-corrected chi connectivity index (χ4v) is 4.17. The molecule has 0 unspecified atom stereocenters. The third-order valence-corrected chi connectivity index (χ3v) is 6.31. The van der Waals surface area contributed by atoms with Crippen molar-refractivity contribution in [2.75, 3.05) is 5.32 Å². The lowest BCUT2D eigenvalue weighted by Crippen LogP contribution is -2.32. The number of para-hydroxylation sites is 2. The summed E-state index contributed by atoms with van der Waals surface area (Å²) in [5.41, 5.74) is 4.23. The van der Waals surface area contributed by atoms with Gasteiger partial charge in [0.1, 0.15) is 17.3 Å². The minimum Gasteiger partial charge on any atom is -0.457 e. The van der Waals surface area contributed by atoms with Crippen molar-refractivity contribution in [3.8, 4) is 22.7 Å². The Hall–Kier alpha value is -3.91. The molecule has 36 heavy (non-hydrogen) atoms. The van der Waals surface area contributed by atoms with E-state index < -0.39 is 5.91 Å². The lowest BCUT2D eigenvalue weighted by atomic mass is 10.2. The number of furan rings is 1. The number of nitrogens with one attached hydrogen (secondary N) is 3. The molecule has 178 valence electrons. The zero-order valence-electron chi connectivity index (χ0n) is 18.6. The molecule has 0 bridgehead atoms. The first-order valence-electron chi connectivity index (χ1n) is 10.9. The maximum absolute atomic E-state index is 12.3. The second-order valence-electron chi connectivity index (χ2n) is 7.76. The number of carbonyl (C=O) groups is 1. The fraction of sp³-hybridized carbons (Fsp3) is 0. The van der Waals surface area contributed by atoms with Crippen molar-refractivity contribution >= 4 is 69.2 Å². The van der Waals surface area contributed by atoms with Gasteiger partial charge in [-0.3, -0.25) is 10.1 Å². The van der Waals surface area contributed by atoms with Gasteiger partial charge in [-0.25, -0.2) is 4.98 Å². The van der Waals surface area contributed by atoms with Gasteiger partial charge >= 0.3 is 0 Å². The molecule has 0 aliphatic rings. The third-order valence-electron chi connectivity index (χ3n) is 5.29. The molecule has 0 spiro atoms. The number of rotatable bonds is 5. The standard InChI is InChI=1S/C27H18Cl2N4O2S/c28-20-5-3-4-19(25(20)29)23-14-12-18(35-23)13-15-24(34)33-27(36)30-17-10-8-16(9-11-17)26-31-21-6-1-2-7-22(21)32-26/h1-15H,(H,31,32)(H2,30,33,34,36). The van der Waals surface area contributed by atoms with E-state index in [4.69, 9.17) is 39.8 Å². The Balaban J connectivity index is 1.17. The number of amides is 1. The number of anilines is 1. The van der Waals surface area contributed by atoms with E-state index in [2.05, 4.69) is 20.6 Å². The van der Waals surface area contributed by atoms with E-state index in [0.29, 0.717) is 27.1 Å². The van der Waals surface area contributed by atoms with Crippen LogP contribution in [0.4, 0.5) is 5.69 Å². The fourth-order valence-electron chi connectivity index (χ4n) is 3.56. The number of benzene rings is 3. The molecule has 0 radical (unpaired) electrons. The zero-order chi connectivity index (χ0) is 25.1. The van der Waals surface area contributed by atoms with Gasteiger partial charge in [-0.1, -0.05) is 41.4 Å². The molecule has 0 aliphatic carbocycles. The van der Waals surface area contributed by atoms with Crippen molar-refractivity contribution in [2.45, 2.75) is 0 Å². The van der Waals surface area contributed by atoms with Crippen LogP contribution >= 0.6 is 35.4 Å². The first kappa shape index (κ1) is 23.8. The number of halogens is 2. The van der Waals surface area contributed by atoms with Crippen LogP contribution in [0.1, 0.15) is 5.76 Å². The van der Waals surface area contributed by atoms with Gasteiger partial charge in [-0.05, 0) is 79.0 Å². The SMILES string of the molecule is O=C(C=Cc1ccc(-c2cccc(Cl)c2Cl)o1)NC(=S)Nc1ccc(-c2nc3ccccc3[nH]2)cc1. The number of fused-ring (bicyclic) bond motifs is 1. The molecule has 5 rings (SSSR count). The van der Waals surface area contributed by atoms with Gasteiger partial charge in [-0.15, -0.1) is 0 Å². The van der Waals surface area contributed by atoms with Gasteiger partial charge in [0.05, 0.1) is 21.1 Å². The molecule has 2 heterocycles. The number of hydrogen-bond acceptors (Lipinski definition) is 4. The number of carbonyl (C=O) groups excluding carboxylic acids is 1. The summed E-state index contributed by atoms with van der Waals surface area (Å²) in [6, 6.07) is 24.2. The average molecular weight is 533 g/mol. The summed E-state index contributed by atoms with van der Waals surface area (Å²) < 4.78 is 5.76. The first-order chi connectivity index (χ1) is 17.5. The van der Waals surface area contributed by atoms with E-state index in [1.807, 2.05) is 48.5 Å². The summed E-state index contributed by atoms with van der Waals surface area (Å²) in [6.45, 7) is 0. The van der Waals surface area contributed by atoms with Crippen molar-refractivity contribution in [1.29, 1.82) is 0 Å².